The zero-order valence-electron chi connectivity index (χ0n) is 11.1. The molecule has 0 amide bonds. The molecule has 0 radical (unpaired) electrons. The zero-order valence-corrected chi connectivity index (χ0v) is 12.6. The summed E-state index contributed by atoms with van der Waals surface area (Å²) < 4.78 is 6.44. The summed E-state index contributed by atoms with van der Waals surface area (Å²) in [6, 6.07) is 14.0. The van der Waals surface area contributed by atoms with Crippen LogP contribution in [0.15, 0.2) is 46.9 Å². The monoisotopic (exact) mass is 320 g/mol. The van der Waals surface area contributed by atoms with Crippen LogP contribution in [-0.2, 0) is 6.54 Å². The van der Waals surface area contributed by atoms with E-state index in [9.17, 15) is 0 Å². The summed E-state index contributed by atoms with van der Waals surface area (Å²) in [5.74, 6) is 0.843. The van der Waals surface area contributed by atoms with Gasteiger partial charge in [-0.2, -0.15) is 0 Å². The minimum absolute atomic E-state index is 0.494. The third kappa shape index (κ3) is 2.91. The van der Waals surface area contributed by atoms with Crippen LogP contribution in [0.5, 0.6) is 5.75 Å². The molecule has 3 nitrogen and oxygen atoms in total. The number of anilines is 2. The van der Waals surface area contributed by atoms with Crippen molar-refractivity contribution in [3.8, 4) is 5.75 Å². The van der Waals surface area contributed by atoms with Crippen molar-refractivity contribution in [2.24, 2.45) is 5.73 Å². The molecule has 0 heterocycles. The lowest BCUT2D eigenvalue weighted by Crippen LogP contribution is -2.14. The molecular formula is C15H17BrN2O. The molecule has 0 bridgehead atoms. The Hall–Kier alpha value is -1.52. The van der Waals surface area contributed by atoms with Gasteiger partial charge in [-0.15, -0.1) is 0 Å². The second kappa shape index (κ2) is 6.08. The van der Waals surface area contributed by atoms with E-state index in [1.165, 1.54) is 0 Å². The summed E-state index contributed by atoms with van der Waals surface area (Å²) in [5, 5.41) is 0. The number of nitrogens with zero attached hydrogens (tertiary/aromatic N) is 1. The highest BCUT2D eigenvalue weighted by atomic mass is 79.9. The van der Waals surface area contributed by atoms with Crippen molar-refractivity contribution >= 4 is 27.3 Å². The molecule has 2 aromatic carbocycles. The Morgan fingerprint density at radius 1 is 1.16 bits per heavy atom. The van der Waals surface area contributed by atoms with E-state index >= 15 is 0 Å². The van der Waals surface area contributed by atoms with Gasteiger partial charge in [0.2, 0.25) is 0 Å². The summed E-state index contributed by atoms with van der Waals surface area (Å²) in [6.45, 7) is 0.494. The average molecular weight is 321 g/mol. The molecule has 100 valence electrons. The van der Waals surface area contributed by atoms with Gasteiger partial charge in [-0.1, -0.05) is 28.1 Å². The van der Waals surface area contributed by atoms with Crippen molar-refractivity contribution in [3.63, 3.8) is 0 Å². The van der Waals surface area contributed by atoms with E-state index in [2.05, 4.69) is 26.9 Å². The van der Waals surface area contributed by atoms with Gasteiger partial charge in [0.15, 0.2) is 0 Å². The van der Waals surface area contributed by atoms with Crippen molar-refractivity contribution in [2.75, 3.05) is 19.1 Å². The number of hydrogen-bond donors (Lipinski definition) is 1. The Morgan fingerprint density at radius 3 is 2.58 bits per heavy atom. The molecule has 0 aromatic heterocycles. The topological polar surface area (TPSA) is 38.5 Å². The van der Waals surface area contributed by atoms with Gasteiger partial charge in [-0.05, 0) is 35.9 Å². The van der Waals surface area contributed by atoms with Gasteiger partial charge in [0, 0.05) is 23.8 Å². The van der Waals surface area contributed by atoms with Crippen LogP contribution in [0, 0.1) is 0 Å². The van der Waals surface area contributed by atoms with Crippen molar-refractivity contribution in [2.45, 2.75) is 6.54 Å². The number of para-hydroxylation sites is 2. The molecule has 0 aliphatic rings. The van der Waals surface area contributed by atoms with Crippen molar-refractivity contribution in [1.29, 1.82) is 0 Å². The quantitative estimate of drug-likeness (QED) is 0.933. The second-order valence-corrected chi connectivity index (χ2v) is 5.12. The zero-order chi connectivity index (χ0) is 13.8. The number of rotatable bonds is 4. The SMILES string of the molecule is COc1ccccc1N(C)c1ccc(Br)cc1CN. The summed E-state index contributed by atoms with van der Waals surface area (Å²) >= 11 is 3.47. The highest BCUT2D eigenvalue weighted by Crippen LogP contribution is 2.34. The first kappa shape index (κ1) is 13.9. The Balaban J connectivity index is 2.46. The maximum absolute atomic E-state index is 5.83. The van der Waals surface area contributed by atoms with Crippen LogP contribution in [0.1, 0.15) is 5.56 Å². The summed E-state index contributed by atoms with van der Waals surface area (Å²) in [5.41, 5.74) is 9.01. The second-order valence-electron chi connectivity index (χ2n) is 4.21. The smallest absolute Gasteiger partial charge is 0.142 e. The van der Waals surface area contributed by atoms with Crippen LogP contribution in [-0.4, -0.2) is 14.2 Å². The van der Waals surface area contributed by atoms with Crippen LogP contribution in [0.4, 0.5) is 11.4 Å². The van der Waals surface area contributed by atoms with E-state index in [0.717, 1.165) is 27.2 Å². The largest absolute Gasteiger partial charge is 0.495 e. The normalized spacial score (nSPS) is 10.3. The standard InChI is InChI=1S/C15H17BrN2O/c1-18(14-5-3-4-6-15(14)19-2)13-8-7-12(16)9-11(13)10-17/h3-9H,10,17H2,1-2H3. The molecule has 2 N–H and O–H groups in total. The van der Waals surface area contributed by atoms with E-state index in [4.69, 9.17) is 10.5 Å². The first-order chi connectivity index (χ1) is 9.17. The lowest BCUT2D eigenvalue weighted by atomic mass is 10.1. The van der Waals surface area contributed by atoms with Gasteiger partial charge < -0.3 is 15.4 Å². The lowest BCUT2D eigenvalue weighted by molar-refractivity contribution is 0.415. The van der Waals surface area contributed by atoms with Gasteiger partial charge in [-0.25, -0.2) is 0 Å². The lowest BCUT2D eigenvalue weighted by Gasteiger charge is -2.24. The maximum atomic E-state index is 5.83. The van der Waals surface area contributed by atoms with E-state index in [-0.39, 0.29) is 0 Å². The number of hydrogen-bond acceptors (Lipinski definition) is 3. The van der Waals surface area contributed by atoms with E-state index in [1.54, 1.807) is 7.11 Å². The molecule has 0 aliphatic heterocycles. The Labute approximate surface area is 122 Å². The molecule has 0 saturated carbocycles. The molecule has 0 spiro atoms. The van der Waals surface area contributed by atoms with Gasteiger partial charge >= 0.3 is 0 Å². The van der Waals surface area contributed by atoms with Gasteiger partial charge in [-0.3, -0.25) is 0 Å². The third-order valence-electron chi connectivity index (χ3n) is 3.07. The number of benzene rings is 2. The van der Waals surface area contributed by atoms with Crippen LogP contribution in [0.2, 0.25) is 0 Å². The molecule has 4 heteroatoms. The number of nitrogens with two attached hydrogens (primary N) is 1. The van der Waals surface area contributed by atoms with Crippen molar-refractivity contribution < 1.29 is 4.74 Å². The fourth-order valence-corrected chi connectivity index (χ4v) is 2.49. The molecule has 0 atom stereocenters. The molecule has 2 aromatic rings. The van der Waals surface area contributed by atoms with Gasteiger partial charge in [0.25, 0.3) is 0 Å². The maximum Gasteiger partial charge on any atom is 0.142 e. The Bertz CT molecular complexity index is 572. The summed E-state index contributed by atoms with van der Waals surface area (Å²) in [6.07, 6.45) is 0. The van der Waals surface area contributed by atoms with Crippen molar-refractivity contribution in [1.82, 2.24) is 0 Å². The molecule has 2 rings (SSSR count). The fourth-order valence-electron chi connectivity index (χ4n) is 2.08. The van der Waals surface area contributed by atoms with Crippen molar-refractivity contribution in [3.05, 3.63) is 52.5 Å². The predicted octanol–water partition coefficient (Wildman–Crippen LogP) is 3.68. The minimum Gasteiger partial charge on any atom is -0.495 e. The molecule has 0 unspecified atom stereocenters. The molecular weight excluding hydrogens is 304 g/mol. The van der Waals surface area contributed by atoms with Gasteiger partial charge in [0.1, 0.15) is 5.75 Å². The third-order valence-corrected chi connectivity index (χ3v) is 3.56. The first-order valence-corrected chi connectivity index (χ1v) is 6.82. The van der Waals surface area contributed by atoms with Gasteiger partial charge in [0.05, 0.1) is 12.8 Å². The first-order valence-electron chi connectivity index (χ1n) is 6.02. The molecule has 19 heavy (non-hydrogen) atoms. The average Bonchev–Trinajstić information content (AvgIpc) is 2.46. The van der Waals surface area contributed by atoms with Crippen LogP contribution < -0.4 is 15.4 Å². The molecule has 0 saturated heterocycles. The van der Waals surface area contributed by atoms with Crippen LogP contribution >= 0.6 is 15.9 Å². The molecule has 0 fully saturated rings. The predicted molar refractivity (Wildman–Crippen MR) is 83.1 cm³/mol. The number of ether oxygens (including phenoxy) is 1. The summed E-state index contributed by atoms with van der Waals surface area (Å²) in [7, 11) is 3.69. The summed E-state index contributed by atoms with van der Waals surface area (Å²) in [4.78, 5) is 2.09. The highest BCUT2D eigenvalue weighted by Gasteiger charge is 2.12. The van der Waals surface area contributed by atoms with Crippen LogP contribution in [0.25, 0.3) is 0 Å². The number of halogens is 1. The highest BCUT2D eigenvalue weighted by molar-refractivity contribution is 9.10. The Morgan fingerprint density at radius 2 is 1.89 bits per heavy atom. The van der Waals surface area contributed by atoms with E-state index < -0.39 is 0 Å². The minimum atomic E-state index is 0.494. The van der Waals surface area contributed by atoms with E-state index in [0.29, 0.717) is 6.54 Å². The number of methoxy groups -OCH3 is 1. The molecule has 0 aliphatic carbocycles. The van der Waals surface area contributed by atoms with Crippen LogP contribution in [0.3, 0.4) is 0 Å². The van der Waals surface area contributed by atoms with E-state index in [1.807, 2.05) is 43.4 Å². The fraction of sp³-hybridized carbons (Fsp3) is 0.200. The Kier molecular flexibility index (Phi) is 4.45.